The quantitative estimate of drug-likeness (QED) is 0.345. The molecule has 26 heavy (non-hydrogen) atoms. The van der Waals surface area contributed by atoms with E-state index in [0.717, 1.165) is 0 Å². The number of phenolic OH excluding ortho intramolecular Hbond substituents is 2. The molecule has 0 aromatic heterocycles. The van der Waals surface area contributed by atoms with Crippen molar-refractivity contribution in [1.82, 2.24) is 0 Å². The summed E-state index contributed by atoms with van der Waals surface area (Å²) in [6.45, 7) is -0.760. The number of aromatic hydroxyl groups is 2. The van der Waals surface area contributed by atoms with Crippen LogP contribution in [0.1, 0.15) is 0 Å². The maximum Gasteiger partial charge on any atom is 0.151 e. The fourth-order valence-electron chi connectivity index (χ4n) is 1.47. The Hall–Kier alpha value is -2.49. The van der Waals surface area contributed by atoms with Gasteiger partial charge in [0.2, 0.25) is 0 Å². The molecule has 2 aromatic carbocycles. The molecule has 0 unspecified atom stereocenters. The van der Waals surface area contributed by atoms with Crippen molar-refractivity contribution < 1.29 is 40.5 Å². The highest BCUT2D eigenvalue weighted by molar-refractivity contribution is 5.56. The maximum atomic E-state index is 9.90. The van der Waals surface area contributed by atoms with E-state index < -0.39 is 31.0 Å². The minimum atomic E-state index is -1.79. The molecule has 0 saturated heterocycles. The molecule has 0 radical (unpaired) electrons. The van der Waals surface area contributed by atoms with E-state index in [-0.39, 0.29) is 6.29 Å². The Balaban J connectivity index is 0.000000381. The summed E-state index contributed by atoms with van der Waals surface area (Å²) in [6, 6.07) is 17.4. The number of rotatable bonds is 5. The Morgan fingerprint density at radius 1 is 0.731 bits per heavy atom. The molecule has 0 saturated carbocycles. The van der Waals surface area contributed by atoms with Gasteiger partial charge in [0, 0.05) is 0 Å². The van der Waals surface area contributed by atoms with Crippen LogP contribution in [-0.4, -0.2) is 73.1 Å². The summed E-state index contributed by atoms with van der Waals surface area (Å²) in [5.41, 5.74) is 0. The van der Waals surface area contributed by atoms with Gasteiger partial charge in [0.05, 0.1) is 6.61 Å². The highest BCUT2D eigenvalue weighted by Gasteiger charge is 2.29. The van der Waals surface area contributed by atoms with Crippen molar-refractivity contribution in [3.63, 3.8) is 0 Å². The Kier molecular flexibility index (Phi) is 12.4. The van der Waals surface area contributed by atoms with Gasteiger partial charge >= 0.3 is 0 Å². The van der Waals surface area contributed by atoms with Crippen LogP contribution in [0.4, 0.5) is 0 Å². The summed E-state index contributed by atoms with van der Waals surface area (Å²) >= 11 is 0. The van der Waals surface area contributed by atoms with E-state index in [1.54, 1.807) is 48.5 Å². The lowest BCUT2D eigenvalue weighted by Crippen LogP contribution is -2.46. The number of carbonyl (C=O) groups excluding carboxylic acids is 1. The summed E-state index contributed by atoms with van der Waals surface area (Å²) in [4.78, 5) is 9.90. The molecule has 144 valence electrons. The maximum absolute atomic E-state index is 9.90. The van der Waals surface area contributed by atoms with Gasteiger partial charge in [-0.15, -0.1) is 0 Å². The summed E-state index contributed by atoms with van der Waals surface area (Å²) < 4.78 is 0. The van der Waals surface area contributed by atoms with E-state index in [4.69, 9.17) is 35.7 Å². The number of aldehydes is 1. The molecule has 0 aliphatic rings. The smallest absolute Gasteiger partial charge is 0.151 e. The fraction of sp³-hybridized carbons (Fsp3) is 0.278. The minimum absolute atomic E-state index is 0.0258. The Morgan fingerprint density at radius 3 is 1.35 bits per heavy atom. The van der Waals surface area contributed by atoms with Crippen molar-refractivity contribution >= 4 is 6.29 Å². The van der Waals surface area contributed by atoms with Crippen molar-refractivity contribution in [2.75, 3.05) is 6.61 Å². The van der Waals surface area contributed by atoms with Crippen molar-refractivity contribution in [1.29, 1.82) is 0 Å². The van der Waals surface area contributed by atoms with Crippen LogP contribution >= 0.6 is 0 Å². The zero-order valence-corrected chi connectivity index (χ0v) is 13.9. The molecule has 0 amide bonds. The average Bonchev–Trinajstić information content (AvgIpc) is 2.67. The number of carbonyl (C=O) groups is 1. The lowest BCUT2D eigenvalue weighted by molar-refractivity contribution is -0.136. The predicted octanol–water partition coefficient (Wildman–Crippen LogP) is -0.594. The number of hydrogen-bond donors (Lipinski definition) is 7. The SMILES string of the molecule is O=C[C@H](O)[C@@H](O)[C@H](O)[C@H](O)CO.Oc1ccccc1.Oc1ccccc1. The lowest BCUT2D eigenvalue weighted by Gasteiger charge is -2.22. The molecular formula is C18H24O8. The van der Waals surface area contributed by atoms with Crippen molar-refractivity contribution in [3.05, 3.63) is 60.7 Å². The Morgan fingerprint density at radius 2 is 1.12 bits per heavy atom. The van der Waals surface area contributed by atoms with Crippen LogP contribution in [-0.2, 0) is 4.79 Å². The normalized spacial score (nSPS) is 14.3. The van der Waals surface area contributed by atoms with E-state index in [0.29, 0.717) is 11.5 Å². The number of aliphatic hydroxyl groups is 5. The lowest BCUT2D eigenvalue weighted by atomic mass is 10.0. The first-order valence-corrected chi connectivity index (χ1v) is 7.59. The molecule has 0 fully saturated rings. The van der Waals surface area contributed by atoms with Crippen molar-refractivity contribution in [2.45, 2.75) is 24.4 Å². The third-order valence-corrected chi connectivity index (χ3v) is 2.93. The first kappa shape index (κ1) is 23.5. The first-order chi connectivity index (χ1) is 12.3. The number of aliphatic hydroxyl groups excluding tert-OH is 5. The monoisotopic (exact) mass is 368 g/mol. The second kappa shape index (κ2) is 13.8. The molecule has 4 atom stereocenters. The third-order valence-electron chi connectivity index (χ3n) is 2.93. The average molecular weight is 368 g/mol. The van der Waals surface area contributed by atoms with Crippen molar-refractivity contribution in [3.8, 4) is 11.5 Å². The molecule has 0 aliphatic heterocycles. The van der Waals surface area contributed by atoms with E-state index in [9.17, 15) is 4.79 Å². The topological polar surface area (TPSA) is 159 Å². The van der Waals surface area contributed by atoms with Gasteiger partial charge in [-0.2, -0.15) is 0 Å². The van der Waals surface area contributed by atoms with Crippen LogP contribution in [0.15, 0.2) is 60.7 Å². The Bertz CT molecular complexity index is 541. The highest BCUT2D eigenvalue weighted by atomic mass is 16.4. The minimum Gasteiger partial charge on any atom is -0.508 e. The second-order valence-electron chi connectivity index (χ2n) is 5.03. The molecule has 0 aliphatic carbocycles. The first-order valence-electron chi connectivity index (χ1n) is 7.59. The molecule has 0 bridgehead atoms. The van der Waals surface area contributed by atoms with E-state index in [2.05, 4.69) is 0 Å². The summed E-state index contributed by atoms with van der Waals surface area (Å²) in [6.07, 6.45) is -6.84. The van der Waals surface area contributed by atoms with Gasteiger partial charge in [-0.05, 0) is 24.3 Å². The van der Waals surface area contributed by atoms with Crippen molar-refractivity contribution in [2.24, 2.45) is 0 Å². The third kappa shape index (κ3) is 10.4. The largest absolute Gasteiger partial charge is 0.508 e. The van der Waals surface area contributed by atoms with Crippen LogP contribution in [0.3, 0.4) is 0 Å². The molecule has 8 nitrogen and oxygen atoms in total. The summed E-state index contributed by atoms with van der Waals surface area (Å²) in [5.74, 6) is 0.644. The van der Waals surface area contributed by atoms with E-state index >= 15 is 0 Å². The van der Waals surface area contributed by atoms with Gasteiger partial charge < -0.3 is 40.5 Å². The highest BCUT2D eigenvalue weighted by Crippen LogP contribution is 2.04. The van der Waals surface area contributed by atoms with Gasteiger partial charge in [0.15, 0.2) is 6.29 Å². The second-order valence-corrected chi connectivity index (χ2v) is 5.03. The fourth-order valence-corrected chi connectivity index (χ4v) is 1.47. The molecule has 0 spiro atoms. The van der Waals surface area contributed by atoms with Gasteiger partial charge in [-0.3, -0.25) is 0 Å². The standard InChI is InChI=1S/C6H12O6.2C6H6O/c7-1-3(9)5(11)6(12)4(10)2-8;2*7-6-4-2-1-3-5-6/h1,3-6,8-12H,2H2;2*1-5,7H/t3-,4+,5+,6+;;/m0../s1. The number of phenols is 2. The summed E-state index contributed by atoms with van der Waals surface area (Å²) in [7, 11) is 0. The van der Waals surface area contributed by atoms with Crippen LogP contribution < -0.4 is 0 Å². The van der Waals surface area contributed by atoms with E-state index in [1.807, 2.05) is 12.1 Å². The molecule has 2 aromatic rings. The number of hydrogen-bond acceptors (Lipinski definition) is 8. The van der Waals surface area contributed by atoms with E-state index in [1.165, 1.54) is 0 Å². The van der Waals surface area contributed by atoms with Gasteiger partial charge in [-0.25, -0.2) is 0 Å². The number of para-hydroxylation sites is 2. The number of benzene rings is 2. The van der Waals surface area contributed by atoms with Gasteiger partial charge in [0.25, 0.3) is 0 Å². The Labute approximate surface area is 150 Å². The van der Waals surface area contributed by atoms with Crippen LogP contribution in [0.25, 0.3) is 0 Å². The summed E-state index contributed by atoms with van der Waals surface area (Å²) in [5, 5.41) is 60.8. The zero-order chi connectivity index (χ0) is 19.9. The molecule has 7 N–H and O–H groups in total. The van der Waals surface area contributed by atoms with Gasteiger partial charge in [0.1, 0.15) is 35.9 Å². The molecule has 2 rings (SSSR count). The van der Waals surface area contributed by atoms with Crippen LogP contribution in [0, 0.1) is 0 Å². The predicted molar refractivity (Wildman–Crippen MR) is 93.4 cm³/mol. The molecule has 0 heterocycles. The molecular weight excluding hydrogens is 344 g/mol. The zero-order valence-electron chi connectivity index (χ0n) is 13.9. The van der Waals surface area contributed by atoms with Crippen LogP contribution in [0.5, 0.6) is 11.5 Å². The van der Waals surface area contributed by atoms with Crippen LogP contribution in [0.2, 0.25) is 0 Å². The van der Waals surface area contributed by atoms with Gasteiger partial charge in [-0.1, -0.05) is 36.4 Å². The molecule has 8 heteroatoms.